The SMILES string of the molecule is CCC(=O)Nc1cccc(NC(=O)/C=C/c2cccc(OC)c2OC(F)F)c1. The summed E-state index contributed by atoms with van der Waals surface area (Å²) in [5, 5.41) is 5.33. The number of alkyl halides is 2. The molecule has 0 fully saturated rings. The van der Waals surface area contributed by atoms with Crippen LogP contribution in [0.2, 0.25) is 0 Å². The van der Waals surface area contributed by atoms with E-state index < -0.39 is 12.5 Å². The molecule has 0 aromatic heterocycles. The van der Waals surface area contributed by atoms with Crippen molar-refractivity contribution in [3.63, 3.8) is 0 Å². The van der Waals surface area contributed by atoms with Crippen LogP contribution < -0.4 is 20.1 Å². The smallest absolute Gasteiger partial charge is 0.387 e. The Bertz CT molecular complexity index is 869. The quantitative estimate of drug-likeness (QED) is 0.659. The van der Waals surface area contributed by atoms with Gasteiger partial charge in [-0.05, 0) is 30.3 Å². The molecule has 8 heteroatoms. The lowest BCUT2D eigenvalue weighted by Crippen LogP contribution is -2.11. The predicted molar refractivity (Wildman–Crippen MR) is 103 cm³/mol. The molecule has 0 aliphatic rings. The minimum Gasteiger partial charge on any atom is -0.493 e. The van der Waals surface area contributed by atoms with Crippen molar-refractivity contribution in [2.75, 3.05) is 17.7 Å². The number of rotatable bonds is 8. The van der Waals surface area contributed by atoms with Crippen LogP contribution in [0.5, 0.6) is 11.5 Å². The molecule has 148 valence electrons. The van der Waals surface area contributed by atoms with E-state index in [1.807, 2.05) is 0 Å². The molecule has 0 atom stereocenters. The molecule has 2 rings (SSSR count). The maximum absolute atomic E-state index is 12.6. The lowest BCUT2D eigenvalue weighted by Gasteiger charge is -2.12. The van der Waals surface area contributed by atoms with E-state index in [2.05, 4.69) is 15.4 Å². The summed E-state index contributed by atoms with van der Waals surface area (Å²) in [5.41, 5.74) is 1.28. The molecule has 6 nitrogen and oxygen atoms in total. The monoisotopic (exact) mass is 390 g/mol. The third-order valence-electron chi connectivity index (χ3n) is 3.59. The molecule has 0 unspecified atom stereocenters. The topological polar surface area (TPSA) is 76.7 Å². The fourth-order valence-electron chi connectivity index (χ4n) is 2.31. The summed E-state index contributed by atoms with van der Waals surface area (Å²) in [4.78, 5) is 23.6. The number of para-hydroxylation sites is 1. The molecule has 0 spiro atoms. The fraction of sp³-hybridized carbons (Fsp3) is 0.200. The molecule has 2 aromatic carbocycles. The number of hydrogen-bond donors (Lipinski definition) is 2. The highest BCUT2D eigenvalue weighted by Gasteiger charge is 2.14. The highest BCUT2D eigenvalue weighted by molar-refractivity contribution is 6.02. The van der Waals surface area contributed by atoms with E-state index in [-0.39, 0.29) is 23.0 Å². The minimum absolute atomic E-state index is 0.127. The van der Waals surface area contributed by atoms with Gasteiger partial charge in [0.25, 0.3) is 0 Å². The van der Waals surface area contributed by atoms with E-state index in [1.54, 1.807) is 37.3 Å². The van der Waals surface area contributed by atoms with Crippen LogP contribution in [0.1, 0.15) is 18.9 Å². The number of carbonyl (C=O) groups excluding carboxylic acids is 2. The summed E-state index contributed by atoms with van der Waals surface area (Å²) in [6.07, 6.45) is 2.87. The van der Waals surface area contributed by atoms with Crippen molar-refractivity contribution in [3.05, 3.63) is 54.1 Å². The number of carbonyl (C=O) groups is 2. The van der Waals surface area contributed by atoms with Gasteiger partial charge in [0.15, 0.2) is 11.5 Å². The van der Waals surface area contributed by atoms with Crippen molar-refractivity contribution in [1.29, 1.82) is 0 Å². The van der Waals surface area contributed by atoms with Gasteiger partial charge in [-0.2, -0.15) is 8.78 Å². The van der Waals surface area contributed by atoms with Gasteiger partial charge in [0.2, 0.25) is 11.8 Å². The molecule has 0 aliphatic carbocycles. The van der Waals surface area contributed by atoms with E-state index in [1.165, 1.54) is 31.4 Å². The van der Waals surface area contributed by atoms with Crippen molar-refractivity contribution in [1.82, 2.24) is 0 Å². The molecule has 0 saturated heterocycles. The minimum atomic E-state index is -3.03. The van der Waals surface area contributed by atoms with Gasteiger partial charge in [-0.1, -0.05) is 25.1 Å². The third kappa shape index (κ3) is 6.08. The van der Waals surface area contributed by atoms with Gasteiger partial charge in [0.1, 0.15) is 0 Å². The van der Waals surface area contributed by atoms with Crippen molar-refractivity contribution in [3.8, 4) is 11.5 Å². The highest BCUT2D eigenvalue weighted by atomic mass is 19.3. The standard InChI is InChI=1S/C20H20F2N2O4/c1-3-17(25)23-14-7-5-8-15(12-14)24-18(26)11-10-13-6-4-9-16(27-2)19(13)28-20(21)22/h4-12,20H,3H2,1-2H3,(H,23,25)(H,24,26)/b11-10+. The van der Waals surface area contributed by atoms with Crippen LogP contribution in [-0.4, -0.2) is 25.5 Å². The molecule has 2 N–H and O–H groups in total. The van der Waals surface area contributed by atoms with Crippen LogP contribution in [-0.2, 0) is 9.59 Å². The van der Waals surface area contributed by atoms with E-state index in [9.17, 15) is 18.4 Å². The van der Waals surface area contributed by atoms with Gasteiger partial charge >= 0.3 is 6.61 Å². The second kappa shape index (κ2) is 10.1. The zero-order valence-corrected chi connectivity index (χ0v) is 15.4. The Morgan fingerprint density at radius 1 is 1.11 bits per heavy atom. The number of benzene rings is 2. The van der Waals surface area contributed by atoms with Crippen molar-refractivity contribution >= 4 is 29.3 Å². The van der Waals surface area contributed by atoms with E-state index in [0.717, 1.165) is 0 Å². The van der Waals surface area contributed by atoms with Crippen LogP contribution in [0.4, 0.5) is 20.2 Å². The van der Waals surface area contributed by atoms with E-state index in [0.29, 0.717) is 17.8 Å². The molecule has 2 aromatic rings. The Balaban J connectivity index is 2.12. The van der Waals surface area contributed by atoms with Crippen molar-refractivity contribution < 1.29 is 27.8 Å². The molecule has 0 radical (unpaired) electrons. The van der Waals surface area contributed by atoms with Gasteiger partial charge in [-0.3, -0.25) is 9.59 Å². The maximum Gasteiger partial charge on any atom is 0.387 e. The van der Waals surface area contributed by atoms with Crippen LogP contribution in [0, 0.1) is 0 Å². The number of amides is 2. The average Bonchev–Trinajstić information content (AvgIpc) is 2.66. The van der Waals surface area contributed by atoms with Gasteiger partial charge in [-0.25, -0.2) is 0 Å². The van der Waals surface area contributed by atoms with Crippen LogP contribution in [0.3, 0.4) is 0 Å². The Kier molecular flexibility index (Phi) is 7.50. The first kappa shape index (κ1) is 20.9. The van der Waals surface area contributed by atoms with Crippen molar-refractivity contribution in [2.45, 2.75) is 20.0 Å². The summed E-state index contributed by atoms with van der Waals surface area (Å²) in [6, 6.07) is 11.2. The van der Waals surface area contributed by atoms with E-state index in [4.69, 9.17) is 4.74 Å². The molecule has 0 bridgehead atoms. The average molecular weight is 390 g/mol. The van der Waals surface area contributed by atoms with Crippen LogP contribution in [0.25, 0.3) is 6.08 Å². The Hall–Kier alpha value is -3.42. The summed E-state index contributed by atoms with van der Waals surface area (Å²) in [5.74, 6) is -0.659. The normalized spacial score (nSPS) is 10.8. The number of hydrogen-bond acceptors (Lipinski definition) is 4. The molecule has 2 amide bonds. The summed E-state index contributed by atoms with van der Waals surface area (Å²) < 4.78 is 34.8. The number of halogens is 2. The Labute approximate surface area is 161 Å². The van der Waals surface area contributed by atoms with Gasteiger partial charge in [0, 0.05) is 29.4 Å². The van der Waals surface area contributed by atoms with E-state index >= 15 is 0 Å². The Morgan fingerprint density at radius 3 is 2.43 bits per heavy atom. The maximum atomic E-state index is 12.6. The predicted octanol–water partition coefficient (Wildman–Crippen LogP) is 4.30. The number of methoxy groups -OCH3 is 1. The molecule has 0 aliphatic heterocycles. The van der Waals surface area contributed by atoms with Gasteiger partial charge in [0.05, 0.1) is 7.11 Å². The van der Waals surface area contributed by atoms with Gasteiger partial charge in [-0.15, -0.1) is 0 Å². The summed E-state index contributed by atoms with van der Waals surface area (Å²) >= 11 is 0. The highest BCUT2D eigenvalue weighted by Crippen LogP contribution is 2.33. The molecular formula is C20H20F2N2O4. The first-order chi connectivity index (χ1) is 13.4. The zero-order valence-electron chi connectivity index (χ0n) is 15.4. The summed E-state index contributed by atoms with van der Waals surface area (Å²) in [7, 11) is 1.33. The molecule has 28 heavy (non-hydrogen) atoms. The molecular weight excluding hydrogens is 370 g/mol. The van der Waals surface area contributed by atoms with Gasteiger partial charge < -0.3 is 20.1 Å². The second-order valence-corrected chi connectivity index (χ2v) is 5.56. The molecule has 0 saturated carbocycles. The lowest BCUT2D eigenvalue weighted by atomic mass is 10.1. The third-order valence-corrected chi connectivity index (χ3v) is 3.59. The molecule has 0 heterocycles. The number of anilines is 2. The first-order valence-electron chi connectivity index (χ1n) is 8.43. The lowest BCUT2D eigenvalue weighted by molar-refractivity contribution is -0.116. The number of ether oxygens (including phenoxy) is 2. The largest absolute Gasteiger partial charge is 0.493 e. The Morgan fingerprint density at radius 2 is 1.79 bits per heavy atom. The zero-order chi connectivity index (χ0) is 20.5. The second-order valence-electron chi connectivity index (χ2n) is 5.56. The number of nitrogens with one attached hydrogen (secondary N) is 2. The summed E-state index contributed by atoms with van der Waals surface area (Å²) in [6.45, 7) is -1.30. The fourth-order valence-corrected chi connectivity index (χ4v) is 2.31. The first-order valence-corrected chi connectivity index (χ1v) is 8.43. The van der Waals surface area contributed by atoms with Crippen molar-refractivity contribution in [2.24, 2.45) is 0 Å². The van der Waals surface area contributed by atoms with Crippen LogP contribution >= 0.6 is 0 Å². The van der Waals surface area contributed by atoms with Crippen LogP contribution in [0.15, 0.2) is 48.5 Å².